The largest absolute Gasteiger partial charge is 0.391 e. The molecule has 1 fully saturated rings. The molecule has 1 aromatic heterocycles. The quantitative estimate of drug-likeness (QED) is 0.846. The SMILES string of the molecule is CC(O)C(N)c1nc2ccccc2n1C1CC1. The summed E-state index contributed by atoms with van der Waals surface area (Å²) in [6, 6.07) is 8.15. The maximum absolute atomic E-state index is 9.65. The van der Waals surface area contributed by atoms with Gasteiger partial charge < -0.3 is 15.4 Å². The van der Waals surface area contributed by atoms with Gasteiger partial charge in [0.25, 0.3) is 0 Å². The zero-order valence-corrected chi connectivity index (χ0v) is 9.87. The van der Waals surface area contributed by atoms with Gasteiger partial charge in [-0.3, -0.25) is 0 Å². The standard InChI is InChI=1S/C13H17N3O/c1-8(17)12(14)13-15-10-4-2-3-5-11(10)16(13)9-6-7-9/h2-5,8-9,12,17H,6-7,14H2,1H3. The van der Waals surface area contributed by atoms with Crippen molar-refractivity contribution in [3.8, 4) is 0 Å². The van der Waals surface area contributed by atoms with Gasteiger partial charge in [-0.25, -0.2) is 4.98 Å². The van der Waals surface area contributed by atoms with Crippen LogP contribution in [0.2, 0.25) is 0 Å². The Balaban J connectivity index is 2.19. The summed E-state index contributed by atoms with van der Waals surface area (Å²) in [5.74, 6) is 0.809. The summed E-state index contributed by atoms with van der Waals surface area (Å²) in [4.78, 5) is 4.57. The highest BCUT2D eigenvalue weighted by Gasteiger charge is 2.30. The summed E-state index contributed by atoms with van der Waals surface area (Å²) in [7, 11) is 0. The lowest BCUT2D eigenvalue weighted by atomic mass is 10.2. The Morgan fingerprint density at radius 1 is 1.41 bits per heavy atom. The first-order chi connectivity index (χ1) is 8.18. The van der Waals surface area contributed by atoms with Gasteiger partial charge in [-0.05, 0) is 31.9 Å². The molecule has 0 radical (unpaired) electrons. The Hall–Kier alpha value is -1.39. The lowest BCUT2D eigenvalue weighted by molar-refractivity contribution is 0.159. The number of fused-ring (bicyclic) bond motifs is 1. The number of para-hydroxylation sites is 2. The first kappa shape index (κ1) is 10.7. The molecule has 4 heteroatoms. The number of aromatic nitrogens is 2. The summed E-state index contributed by atoms with van der Waals surface area (Å²) < 4.78 is 2.20. The van der Waals surface area contributed by atoms with Crippen molar-refractivity contribution in [2.24, 2.45) is 5.73 Å². The van der Waals surface area contributed by atoms with E-state index in [4.69, 9.17) is 5.73 Å². The average Bonchev–Trinajstić information content (AvgIpc) is 3.08. The fraction of sp³-hybridized carbons (Fsp3) is 0.462. The van der Waals surface area contributed by atoms with Gasteiger partial charge in [-0.15, -0.1) is 0 Å². The predicted molar refractivity (Wildman–Crippen MR) is 66.6 cm³/mol. The number of nitrogens with two attached hydrogens (primary N) is 1. The number of nitrogens with zero attached hydrogens (tertiary/aromatic N) is 2. The van der Waals surface area contributed by atoms with Crippen LogP contribution in [0.3, 0.4) is 0 Å². The van der Waals surface area contributed by atoms with E-state index in [2.05, 4.69) is 15.6 Å². The van der Waals surface area contributed by atoms with Crippen LogP contribution in [0.5, 0.6) is 0 Å². The van der Waals surface area contributed by atoms with Crippen LogP contribution in [0.4, 0.5) is 0 Å². The van der Waals surface area contributed by atoms with E-state index in [1.807, 2.05) is 18.2 Å². The third kappa shape index (κ3) is 1.73. The molecule has 2 atom stereocenters. The fourth-order valence-corrected chi connectivity index (χ4v) is 2.23. The molecule has 3 N–H and O–H groups in total. The monoisotopic (exact) mass is 231 g/mol. The minimum atomic E-state index is -0.579. The lowest BCUT2D eigenvalue weighted by Gasteiger charge is -2.16. The van der Waals surface area contributed by atoms with Gasteiger partial charge >= 0.3 is 0 Å². The van der Waals surface area contributed by atoms with E-state index in [0.717, 1.165) is 16.9 Å². The second kappa shape index (κ2) is 3.82. The smallest absolute Gasteiger partial charge is 0.129 e. The van der Waals surface area contributed by atoms with E-state index in [-0.39, 0.29) is 0 Å². The van der Waals surface area contributed by atoms with Crippen LogP contribution in [0.15, 0.2) is 24.3 Å². The van der Waals surface area contributed by atoms with E-state index in [0.29, 0.717) is 6.04 Å². The van der Waals surface area contributed by atoms with Gasteiger partial charge in [0.2, 0.25) is 0 Å². The molecule has 4 nitrogen and oxygen atoms in total. The number of imidazole rings is 1. The van der Waals surface area contributed by atoms with Gasteiger partial charge in [-0.2, -0.15) is 0 Å². The summed E-state index contributed by atoms with van der Waals surface area (Å²) in [5.41, 5.74) is 8.12. The van der Waals surface area contributed by atoms with Gasteiger partial charge in [0, 0.05) is 6.04 Å². The van der Waals surface area contributed by atoms with Crippen molar-refractivity contribution in [2.45, 2.75) is 38.0 Å². The molecule has 0 bridgehead atoms. The molecule has 17 heavy (non-hydrogen) atoms. The first-order valence-electron chi connectivity index (χ1n) is 6.09. The Labute approximate surface area is 100 Å². The number of aliphatic hydroxyl groups excluding tert-OH is 1. The highest BCUT2D eigenvalue weighted by molar-refractivity contribution is 5.76. The maximum atomic E-state index is 9.65. The molecule has 1 aromatic carbocycles. The Morgan fingerprint density at radius 3 is 2.76 bits per heavy atom. The molecule has 0 aliphatic heterocycles. The van der Waals surface area contributed by atoms with Crippen molar-refractivity contribution >= 4 is 11.0 Å². The van der Waals surface area contributed by atoms with Crippen LogP contribution in [0.1, 0.15) is 37.7 Å². The van der Waals surface area contributed by atoms with Gasteiger partial charge in [0.1, 0.15) is 5.82 Å². The number of hydrogen-bond donors (Lipinski definition) is 2. The Morgan fingerprint density at radius 2 is 2.12 bits per heavy atom. The average molecular weight is 231 g/mol. The van der Waals surface area contributed by atoms with E-state index in [1.54, 1.807) is 6.92 Å². The highest BCUT2D eigenvalue weighted by atomic mass is 16.3. The van der Waals surface area contributed by atoms with Gasteiger partial charge in [0.15, 0.2) is 0 Å². The molecule has 1 heterocycles. The summed E-state index contributed by atoms with van der Waals surface area (Å²) in [6.45, 7) is 1.71. The maximum Gasteiger partial charge on any atom is 0.129 e. The molecular weight excluding hydrogens is 214 g/mol. The molecule has 90 valence electrons. The molecule has 1 saturated carbocycles. The van der Waals surface area contributed by atoms with Crippen LogP contribution < -0.4 is 5.73 Å². The molecule has 2 unspecified atom stereocenters. The Kier molecular flexibility index (Phi) is 2.42. The number of hydrogen-bond acceptors (Lipinski definition) is 3. The van der Waals surface area contributed by atoms with Crippen LogP contribution in [0, 0.1) is 0 Å². The predicted octanol–water partition coefficient (Wildman–Crippen LogP) is 1.75. The van der Waals surface area contributed by atoms with Crippen LogP contribution >= 0.6 is 0 Å². The minimum Gasteiger partial charge on any atom is -0.391 e. The van der Waals surface area contributed by atoms with Crippen molar-refractivity contribution in [1.29, 1.82) is 0 Å². The molecule has 3 rings (SSSR count). The zero-order valence-electron chi connectivity index (χ0n) is 9.87. The normalized spacial score (nSPS) is 19.5. The zero-order chi connectivity index (χ0) is 12.0. The summed E-state index contributed by atoms with van der Waals surface area (Å²) in [6.07, 6.45) is 1.78. The molecule has 0 amide bonds. The topological polar surface area (TPSA) is 64.1 Å². The third-order valence-corrected chi connectivity index (χ3v) is 3.35. The van der Waals surface area contributed by atoms with Crippen molar-refractivity contribution in [3.05, 3.63) is 30.1 Å². The fourth-order valence-electron chi connectivity index (χ4n) is 2.23. The van der Waals surface area contributed by atoms with E-state index in [9.17, 15) is 5.11 Å². The highest BCUT2D eigenvalue weighted by Crippen LogP contribution is 2.39. The van der Waals surface area contributed by atoms with E-state index < -0.39 is 12.1 Å². The molecule has 0 saturated heterocycles. The number of aliphatic hydroxyl groups is 1. The summed E-state index contributed by atoms with van der Waals surface area (Å²) in [5, 5.41) is 9.65. The number of benzene rings is 1. The first-order valence-corrected chi connectivity index (χ1v) is 6.09. The van der Waals surface area contributed by atoms with Crippen molar-refractivity contribution in [1.82, 2.24) is 9.55 Å². The molecular formula is C13H17N3O. The lowest BCUT2D eigenvalue weighted by Crippen LogP contribution is -2.26. The van der Waals surface area contributed by atoms with Gasteiger partial charge in [0.05, 0.1) is 23.2 Å². The van der Waals surface area contributed by atoms with Crippen LogP contribution in [-0.4, -0.2) is 20.8 Å². The van der Waals surface area contributed by atoms with Gasteiger partial charge in [-0.1, -0.05) is 12.1 Å². The van der Waals surface area contributed by atoms with Crippen molar-refractivity contribution in [2.75, 3.05) is 0 Å². The van der Waals surface area contributed by atoms with E-state index in [1.165, 1.54) is 12.8 Å². The van der Waals surface area contributed by atoms with E-state index >= 15 is 0 Å². The summed E-state index contributed by atoms with van der Waals surface area (Å²) >= 11 is 0. The molecule has 2 aromatic rings. The van der Waals surface area contributed by atoms with Crippen molar-refractivity contribution in [3.63, 3.8) is 0 Å². The van der Waals surface area contributed by atoms with Crippen LogP contribution in [0.25, 0.3) is 11.0 Å². The molecule has 0 spiro atoms. The Bertz CT molecular complexity index is 543. The number of rotatable bonds is 3. The van der Waals surface area contributed by atoms with Crippen LogP contribution in [-0.2, 0) is 0 Å². The second-order valence-corrected chi connectivity index (χ2v) is 4.83. The second-order valence-electron chi connectivity index (χ2n) is 4.83. The third-order valence-electron chi connectivity index (χ3n) is 3.35. The van der Waals surface area contributed by atoms with Crippen molar-refractivity contribution < 1.29 is 5.11 Å². The minimum absolute atomic E-state index is 0.414. The molecule has 1 aliphatic carbocycles. The molecule has 1 aliphatic rings.